The summed E-state index contributed by atoms with van der Waals surface area (Å²) in [5, 5.41) is 8.04. The summed E-state index contributed by atoms with van der Waals surface area (Å²) in [4.78, 5) is 21.8. The third-order valence-electron chi connectivity index (χ3n) is 1.56. The van der Waals surface area contributed by atoms with Crippen molar-refractivity contribution in [2.45, 2.75) is 12.8 Å². The zero-order valence-corrected chi connectivity index (χ0v) is 8.14. The SMILES string of the molecule is CNCCNC(=O)CCC(=O)NC. The Morgan fingerprint density at radius 1 is 1.00 bits per heavy atom. The number of rotatable bonds is 6. The lowest BCUT2D eigenvalue weighted by molar-refractivity contribution is -0.126. The molecule has 0 aromatic rings. The van der Waals surface area contributed by atoms with Gasteiger partial charge in [0.2, 0.25) is 11.8 Å². The van der Waals surface area contributed by atoms with Gasteiger partial charge in [-0.2, -0.15) is 0 Å². The van der Waals surface area contributed by atoms with Crippen molar-refractivity contribution in [2.75, 3.05) is 27.2 Å². The number of hydrogen-bond donors (Lipinski definition) is 3. The van der Waals surface area contributed by atoms with E-state index in [9.17, 15) is 9.59 Å². The number of hydrogen-bond acceptors (Lipinski definition) is 3. The van der Waals surface area contributed by atoms with Crippen LogP contribution in [0.3, 0.4) is 0 Å². The Morgan fingerprint density at radius 3 is 2.15 bits per heavy atom. The minimum atomic E-state index is -0.108. The Balaban J connectivity index is 3.35. The third kappa shape index (κ3) is 7.27. The van der Waals surface area contributed by atoms with Crippen LogP contribution in [0.2, 0.25) is 0 Å². The van der Waals surface area contributed by atoms with Gasteiger partial charge < -0.3 is 16.0 Å². The van der Waals surface area contributed by atoms with E-state index in [1.165, 1.54) is 0 Å². The molecular formula is C8H17N3O2. The molecule has 5 heteroatoms. The molecule has 13 heavy (non-hydrogen) atoms. The average molecular weight is 187 g/mol. The molecule has 0 aromatic heterocycles. The first-order chi connectivity index (χ1) is 6.20. The van der Waals surface area contributed by atoms with Crippen molar-refractivity contribution in [3.05, 3.63) is 0 Å². The minimum Gasteiger partial charge on any atom is -0.359 e. The fourth-order valence-corrected chi connectivity index (χ4v) is 0.767. The van der Waals surface area contributed by atoms with Crippen LogP contribution in [0.15, 0.2) is 0 Å². The summed E-state index contributed by atoms with van der Waals surface area (Å²) in [6.45, 7) is 1.34. The van der Waals surface area contributed by atoms with E-state index < -0.39 is 0 Å². The Labute approximate surface area is 78.3 Å². The Kier molecular flexibility index (Phi) is 6.91. The predicted molar refractivity (Wildman–Crippen MR) is 50.2 cm³/mol. The lowest BCUT2D eigenvalue weighted by Crippen LogP contribution is -2.31. The van der Waals surface area contributed by atoms with Crippen LogP contribution in [0.4, 0.5) is 0 Å². The van der Waals surface area contributed by atoms with Gasteiger partial charge in [-0.1, -0.05) is 0 Å². The molecule has 2 amide bonds. The summed E-state index contributed by atoms with van der Waals surface area (Å²) in [5.74, 6) is -0.192. The normalized spacial score (nSPS) is 9.38. The number of likely N-dealkylation sites (N-methyl/N-ethyl adjacent to an activating group) is 1. The van der Waals surface area contributed by atoms with Crippen molar-refractivity contribution in [1.29, 1.82) is 0 Å². The number of amides is 2. The molecule has 0 rings (SSSR count). The molecule has 0 spiro atoms. The lowest BCUT2D eigenvalue weighted by Gasteiger charge is -2.03. The van der Waals surface area contributed by atoms with Crippen LogP contribution in [0.5, 0.6) is 0 Å². The molecule has 0 aliphatic heterocycles. The van der Waals surface area contributed by atoms with E-state index in [0.29, 0.717) is 6.54 Å². The molecule has 0 saturated carbocycles. The largest absolute Gasteiger partial charge is 0.359 e. The number of carbonyl (C=O) groups is 2. The molecule has 0 fully saturated rings. The van der Waals surface area contributed by atoms with Gasteiger partial charge in [0, 0.05) is 33.0 Å². The molecule has 0 aliphatic carbocycles. The third-order valence-corrected chi connectivity index (χ3v) is 1.56. The maximum Gasteiger partial charge on any atom is 0.220 e. The molecular weight excluding hydrogens is 170 g/mol. The second-order valence-corrected chi connectivity index (χ2v) is 2.63. The smallest absolute Gasteiger partial charge is 0.220 e. The highest BCUT2D eigenvalue weighted by molar-refractivity contribution is 5.83. The molecule has 5 nitrogen and oxygen atoms in total. The zero-order chi connectivity index (χ0) is 10.1. The van der Waals surface area contributed by atoms with Crippen molar-refractivity contribution in [1.82, 2.24) is 16.0 Å². The minimum absolute atomic E-state index is 0.0844. The van der Waals surface area contributed by atoms with E-state index >= 15 is 0 Å². The summed E-state index contributed by atoms with van der Waals surface area (Å²) in [5.41, 5.74) is 0. The quantitative estimate of drug-likeness (QED) is 0.460. The van der Waals surface area contributed by atoms with Crippen molar-refractivity contribution in [2.24, 2.45) is 0 Å². The highest BCUT2D eigenvalue weighted by Gasteiger charge is 2.03. The second-order valence-electron chi connectivity index (χ2n) is 2.63. The van der Waals surface area contributed by atoms with Gasteiger partial charge >= 0.3 is 0 Å². The van der Waals surface area contributed by atoms with Crippen molar-refractivity contribution >= 4 is 11.8 Å². The number of nitrogens with one attached hydrogen (secondary N) is 3. The fraction of sp³-hybridized carbons (Fsp3) is 0.750. The standard InChI is InChI=1S/C8H17N3O2/c1-9-5-6-11-8(13)4-3-7(12)10-2/h9H,3-6H2,1-2H3,(H,10,12)(H,11,13). The average Bonchev–Trinajstić information content (AvgIpc) is 2.14. The molecule has 0 saturated heterocycles. The first kappa shape index (κ1) is 11.9. The van der Waals surface area contributed by atoms with E-state index in [2.05, 4.69) is 16.0 Å². The highest BCUT2D eigenvalue weighted by Crippen LogP contribution is 1.87. The number of carbonyl (C=O) groups excluding carboxylic acids is 2. The maximum absolute atomic E-state index is 11.0. The monoisotopic (exact) mass is 187 g/mol. The van der Waals surface area contributed by atoms with Crippen LogP contribution >= 0.6 is 0 Å². The van der Waals surface area contributed by atoms with E-state index in [1.54, 1.807) is 7.05 Å². The molecule has 0 bridgehead atoms. The summed E-state index contributed by atoms with van der Waals surface area (Å²) in [6, 6.07) is 0. The van der Waals surface area contributed by atoms with E-state index in [4.69, 9.17) is 0 Å². The van der Waals surface area contributed by atoms with Crippen molar-refractivity contribution in [3.8, 4) is 0 Å². The van der Waals surface area contributed by atoms with Crippen LogP contribution in [0.25, 0.3) is 0 Å². The lowest BCUT2D eigenvalue weighted by atomic mass is 10.3. The fourth-order valence-electron chi connectivity index (χ4n) is 0.767. The highest BCUT2D eigenvalue weighted by atomic mass is 16.2. The first-order valence-corrected chi connectivity index (χ1v) is 4.32. The Morgan fingerprint density at radius 2 is 1.62 bits per heavy atom. The van der Waals surface area contributed by atoms with Crippen LogP contribution in [0, 0.1) is 0 Å². The molecule has 0 heterocycles. The van der Waals surface area contributed by atoms with E-state index in [-0.39, 0.29) is 24.7 Å². The summed E-state index contributed by atoms with van der Waals surface area (Å²) >= 11 is 0. The van der Waals surface area contributed by atoms with Gasteiger partial charge in [-0.15, -0.1) is 0 Å². The van der Waals surface area contributed by atoms with Crippen LogP contribution in [-0.2, 0) is 9.59 Å². The maximum atomic E-state index is 11.0. The molecule has 0 aliphatic rings. The van der Waals surface area contributed by atoms with E-state index in [1.807, 2.05) is 7.05 Å². The first-order valence-electron chi connectivity index (χ1n) is 4.32. The summed E-state index contributed by atoms with van der Waals surface area (Å²) in [6.07, 6.45) is 0.505. The van der Waals surface area contributed by atoms with Gasteiger partial charge in [0.15, 0.2) is 0 Å². The molecule has 0 atom stereocenters. The Hall–Kier alpha value is -1.10. The predicted octanol–water partition coefficient (Wildman–Crippen LogP) is -1.15. The van der Waals surface area contributed by atoms with Gasteiger partial charge in [0.25, 0.3) is 0 Å². The van der Waals surface area contributed by atoms with Gasteiger partial charge in [0.1, 0.15) is 0 Å². The van der Waals surface area contributed by atoms with Crippen LogP contribution in [0.1, 0.15) is 12.8 Å². The Bertz CT molecular complexity index is 171. The zero-order valence-electron chi connectivity index (χ0n) is 8.14. The van der Waals surface area contributed by atoms with Gasteiger partial charge in [-0.25, -0.2) is 0 Å². The van der Waals surface area contributed by atoms with Crippen LogP contribution in [-0.4, -0.2) is 39.0 Å². The van der Waals surface area contributed by atoms with Crippen LogP contribution < -0.4 is 16.0 Å². The molecule has 76 valence electrons. The van der Waals surface area contributed by atoms with Gasteiger partial charge in [-0.05, 0) is 7.05 Å². The molecule has 0 aromatic carbocycles. The summed E-state index contributed by atoms with van der Waals surface area (Å²) < 4.78 is 0. The van der Waals surface area contributed by atoms with Gasteiger partial charge in [-0.3, -0.25) is 9.59 Å². The molecule has 0 unspecified atom stereocenters. The second kappa shape index (κ2) is 7.54. The van der Waals surface area contributed by atoms with Crippen molar-refractivity contribution in [3.63, 3.8) is 0 Å². The molecule has 0 radical (unpaired) electrons. The topological polar surface area (TPSA) is 70.2 Å². The van der Waals surface area contributed by atoms with Gasteiger partial charge in [0.05, 0.1) is 0 Å². The van der Waals surface area contributed by atoms with Crippen molar-refractivity contribution < 1.29 is 9.59 Å². The van der Waals surface area contributed by atoms with E-state index in [0.717, 1.165) is 6.54 Å². The summed E-state index contributed by atoms with van der Waals surface area (Å²) in [7, 11) is 3.37. The molecule has 3 N–H and O–H groups in total.